The van der Waals surface area contributed by atoms with Crippen LogP contribution in [0.4, 0.5) is 4.79 Å². The van der Waals surface area contributed by atoms with Crippen LogP contribution in [-0.4, -0.2) is 68.4 Å². The molecule has 0 aromatic heterocycles. The summed E-state index contributed by atoms with van der Waals surface area (Å²) in [7, 11) is 1.60. The van der Waals surface area contributed by atoms with E-state index in [0.717, 1.165) is 6.42 Å². The first-order valence-electron chi connectivity index (χ1n) is 7.65. The van der Waals surface area contributed by atoms with Crippen LogP contribution in [0.15, 0.2) is 4.99 Å². The molecule has 2 unspecified atom stereocenters. The number of aliphatic imine (C=N–C) groups is 1. The number of hydrogen-bond donors (Lipinski definition) is 0. The van der Waals surface area contributed by atoms with Crippen LogP contribution >= 0.6 is 15.9 Å². The third-order valence-corrected chi connectivity index (χ3v) is 4.83. The van der Waals surface area contributed by atoms with Crippen molar-refractivity contribution in [2.24, 2.45) is 10.9 Å². The molecule has 0 aromatic rings. The topological polar surface area (TPSA) is 73.1 Å². The molecular weight excluding hydrogens is 364 g/mol. The van der Waals surface area contributed by atoms with E-state index in [0.29, 0.717) is 23.0 Å². The lowest BCUT2D eigenvalue weighted by atomic mass is 10.1. The number of nitrogens with zero attached hydrogens (tertiary/aromatic N) is 4. The maximum Gasteiger partial charge on any atom is 0.365 e. The van der Waals surface area contributed by atoms with Gasteiger partial charge in [0.25, 0.3) is 17.8 Å². The van der Waals surface area contributed by atoms with Crippen molar-refractivity contribution in [2.45, 2.75) is 46.2 Å². The van der Waals surface area contributed by atoms with Crippen molar-refractivity contribution in [3.05, 3.63) is 0 Å². The molecule has 1 fully saturated rings. The zero-order valence-electron chi connectivity index (χ0n) is 14.0. The van der Waals surface area contributed by atoms with E-state index in [2.05, 4.69) is 20.9 Å². The van der Waals surface area contributed by atoms with E-state index in [-0.39, 0.29) is 17.7 Å². The average Bonchev–Trinajstić information content (AvgIpc) is 2.81. The van der Waals surface area contributed by atoms with Gasteiger partial charge in [-0.25, -0.2) is 9.37 Å². The first-order valence-corrected chi connectivity index (χ1v) is 8.45. The number of likely N-dealkylation sites (N-methyl/N-ethyl adjacent to an activating group) is 1. The van der Waals surface area contributed by atoms with Crippen molar-refractivity contribution in [1.82, 2.24) is 9.80 Å². The second kappa shape index (κ2) is 6.51. The van der Waals surface area contributed by atoms with Gasteiger partial charge in [0.05, 0.1) is 15.9 Å². The first-order chi connectivity index (χ1) is 10.7. The number of hydrogen-bond acceptors (Lipinski definition) is 4. The third kappa shape index (κ3) is 3.08. The summed E-state index contributed by atoms with van der Waals surface area (Å²) < 4.78 is 2.03. The highest BCUT2D eigenvalue weighted by Crippen LogP contribution is 2.23. The Hall–Kier alpha value is -1.57. The number of imide groups is 1. The maximum absolute atomic E-state index is 12.9. The van der Waals surface area contributed by atoms with E-state index in [1.54, 1.807) is 18.5 Å². The van der Waals surface area contributed by atoms with Crippen LogP contribution in [0.25, 0.3) is 0 Å². The molecule has 0 N–H and O–H groups in total. The number of urea groups is 1. The summed E-state index contributed by atoms with van der Waals surface area (Å²) in [6.45, 7) is 7.65. The Kier molecular flexibility index (Phi) is 5.03. The summed E-state index contributed by atoms with van der Waals surface area (Å²) in [6, 6.07) is -1.62. The standard InChI is InChI=1S/C15H22BrN4O3/c1-8(2)6-7-19-13(22)11-12(18(5)15(19)23)17-14(16)20(11)9(3)10(4)21/h8-9,11H,6-7H2,1-5H3/q+1. The van der Waals surface area contributed by atoms with Gasteiger partial charge in [-0.2, -0.15) is 0 Å². The van der Waals surface area contributed by atoms with Gasteiger partial charge in [0.1, 0.15) is 0 Å². The van der Waals surface area contributed by atoms with Crippen molar-refractivity contribution in [3.8, 4) is 0 Å². The number of amides is 3. The third-order valence-electron chi connectivity index (χ3n) is 4.24. The van der Waals surface area contributed by atoms with Crippen molar-refractivity contribution < 1.29 is 19.0 Å². The van der Waals surface area contributed by atoms with Crippen molar-refractivity contribution in [2.75, 3.05) is 13.6 Å². The Morgan fingerprint density at radius 2 is 1.96 bits per heavy atom. The van der Waals surface area contributed by atoms with Crippen LogP contribution in [0, 0.1) is 5.92 Å². The second-order valence-corrected chi connectivity index (χ2v) is 7.06. The summed E-state index contributed by atoms with van der Waals surface area (Å²) in [5.41, 5.74) is 0. The van der Waals surface area contributed by atoms with E-state index >= 15 is 0 Å². The molecule has 2 aliphatic rings. The fourth-order valence-corrected chi connectivity index (χ4v) is 3.32. The Balaban J connectivity index is 2.37. The Labute approximate surface area is 144 Å². The summed E-state index contributed by atoms with van der Waals surface area (Å²) in [6.07, 6.45) is 0.734. The van der Waals surface area contributed by atoms with E-state index in [4.69, 9.17) is 0 Å². The van der Waals surface area contributed by atoms with Gasteiger partial charge in [-0.1, -0.05) is 13.8 Å². The smallest absolute Gasteiger partial charge is 0.295 e. The van der Waals surface area contributed by atoms with Crippen LogP contribution in [0.3, 0.4) is 0 Å². The molecule has 0 radical (unpaired) electrons. The fourth-order valence-electron chi connectivity index (χ4n) is 2.63. The number of carbonyl (C=O) groups is 3. The van der Waals surface area contributed by atoms with E-state index in [9.17, 15) is 14.4 Å². The summed E-state index contributed by atoms with van der Waals surface area (Å²) in [5.74, 6) is 0.348. The van der Waals surface area contributed by atoms with Crippen LogP contribution in [0.5, 0.6) is 0 Å². The number of rotatable bonds is 5. The van der Waals surface area contributed by atoms with Crippen LogP contribution in [0.2, 0.25) is 0 Å². The van der Waals surface area contributed by atoms with Gasteiger partial charge in [0, 0.05) is 13.6 Å². The predicted octanol–water partition coefficient (Wildman–Crippen LogP) is 1.45. The normalized spacial score (nSPS) is 22.7. The molecule has 2 heterocycles. The molecule has 2 rings (SSSR count). The average molecular weight is 386 g/mol. The van der Waals surface area contributed by atoms with E-state index in [1.165, 1.54) is 16.7 Å². The highest BCUT2D eigenvalue weighted by molar-refractivity contribution is 9.18. The van der Waals surface area contributed by atoms with Gasteiger partial charge in [-0.05, 0) is 31.2 Å². The van der Waals surface area contributed by atoms with Crippen molar-refractivity contribution in [1.29, 1.82) is 0 Å². The van der Waals surface area contributed by atoms with Crippen LogP contribution < -0.4 is 0 Å². The highest BCUT2D eigenvalue weighted by atomic mass is 79.9. The van der Waals surface area contributed by atoms with Crippen molar-refractivity contribution in [3.63, 3.8) is 0 Å². The molecule has 1 saturated heterocycles. The lowest BCUT2D eigenvalue weighted by Gasteiger charge is -2.34. The zero-order valence-corrected chi connectivity index (χ0v) is 15.6. The Bertz CT molecular complexity index is 626. The minimum Gasteiger partial charge on any atom is -0.295 e. The number of Topliss-reactive ketones (excluding diaryl/α,β-unsaturated/α-hetero) is 1. The first kappa shape index (κ1) is 17.8. The molecule has 0 aromatic carbocycles. The number of ketones is 1. The summed E-state index contributed by atoms with van der Waals surface area (Å²) in [4.78, 5) is 44.0. The van der Waals surface area contributed by atoms with Gasteiger partial charge < -0.3 is 0 Å². The molecule has 0 bridgehead atoms. The second-order valence-electron chi connectivity index (χ2n) is 6.35. The molecule has 23 heavy (non-hydrogen) atoms. The van der Waals surface area contributed by atoms with Gasteiger partial charge in [-0.15, -0.1) is 0 Å². The molecule has 0 aliphatic carbocycles. The SMILES string of the molecule is CC(=O)C(C)[N+]1=C(Br)N=C2C1C(=O)N(CCC(C)C)C(=O)N2C. The van der Waals surface area contributed by atoms with E-state index in [1.807, 2.05) is 13.8 Å². The molecule has 2 aliphatic heterocycles. The molecule has 3 amide bonds. The molecule has 2 atom stereocenters. The maximum atomic E-state index is 12.9. The molecule has 8 heteroatoms. The van der Waals surface area contributed by atoms with Gasteiger partial charge in [0.15, 0.2) is 11.8 Å². The van der Waals surface area contributed by atoms with E-state index < -0.39 is 12.1 Å². The summed E-state index contributed by atoms with van der Waals surface area (Å²) >= 11 is 3.32. The lowest BCUT2D eigenvalue weighted by Crippen LogP contribution is -2.64. The Morgan fingerprint density at radius 3 is 2.48 bits per heavy atom. The molecule has 7 nitrogen and oxygen atoms in total. The quantitative estimate of drug-likeness (QED) is 0.530. The molecule has 0 spiro atoms. The lowest BCUT2D eigenvalue weighted by molar-refractivity contribution is -0.553. The van der Waals surface area contributed by atoms with Crippen LogP contribution in [-0.2, 0) is 9.59 Å². The fraction of sp³-hybridized carbons (Fsp3) is 0.667. The van der Waals surface area contributed by atoms with Crippen LogP contribution in [0.1, 0.15) is 34.1 Å². The number of amidine groups is 2. The van der Waals surface area contributed by atoms with Crippen molar-refractivity contribution >= 4 is 44.2 Å². The number of carbonyl (C=O) groups excluding carboxylic acids is 3. The van der Waals surface area contributed by atoms with Gasteiger partial charge in [0.2, 0.25) is 0 Å². The monoisotopic (exact) mass is 385 g/mol. The minimum absolute atomic E-state index is 0.0699. The largest absolute Gasteiger partial charge is 0.365 e. The molecular formula is C15H22BrN4O3+. The predicted molar refractivity (Wildman–Crippen MR) is 89.9 cm³/mol. The molecule has 0 saturated carbocycles. The number of fused-ring (bicyclic) bond motifs is 1. The van der Waals surface area contributed by atoms with Gasteiger partial charge >= 0.3 is 10.8 Å². The molecule has 126 valence electrons. The highest BCUT2D eigenvalue weighted by Gasteiger charge is 2.55. The minimum atomic E-state index is -0.738. The van der Waals surface area contributed by atoms with Gasteiger partial charge in [-0.3, -0.25) is 19.4 Å². The zero-order chi connectivity index (χ0) is 17.5. The number of halogens is 1. The Morgan fingerprint density at radius 1 is 1.35 bits per heavy atom. The summed E-state index contributed by atoms with van der Waals surface area (Å²) in [5, 5.41) is 0.